The number of nitrogens with zero attached hydrogens (tertiary/aromatic N) is 4. The lowest BCUT2D eigenvalue weighted by atomic mass is 9.93. The van der Waals surface area contributed by atoms with Gasteiger partial charge in [-0.15, -0.1) is 0 Å². The molecule has 6 rings (SSSR count). The predicted octanol–water partition coefficient (Wildman–Crippen LogP) is 8.94. The van der Waals surface area contributed by atoms with Crippen LogP contribution in [0.15, 0.2) is 60.8 Å². The number of benzene rings is 2. The SMILES string of the molecule is COc1cc(-c2nccc(-c3cccc(-c4ccc(COC(=O)N(C5CCN(C(C)=O)CC5)C(C)(C)C)c(OC)n4)c3Cl)c2Cl)ccc1CNC1CCC(O)CC1. The van der Waals surface area contributed by atoms with Crippen molar-refractivity contribution >= 4 is 35.2 Å². The minimum Gasteiger partial charge on any atom is -0.496 e. The quantitative estimate of drug-likeness (QED) is 0.153. The summed E-state index contributed by atoms with van der Waals surface area (Å²) < 4.78 is 17.4. The van der Waals surface area contributed by atoms with Crippen molar-refractivity contribution < 1.29 is 28.9 Å². The number of nitrogens with one attached hydrogen (secondary N) is 1. The van der Waals surface area contributed by atoms with E-state index in [1.54, 1.807) is 25.1 Å². The predicted molar refractivity (Wildman–Crippen MR) is 224 cm³/mol. The van der Waals surface area contributed by atoms with E-state index >= 15 is 0 Å². The molecule has 1 aliphatic heterocycles. The first kappa shape index (κ1) is 42.2. The fraction of sp³-hybridized carbons (Fsp3) is 0.455. The second-order valence-electron chi connectivity index (χ2n) is 15.8. The highest BCUT2D eigenvalue weighted by Gasteiger charge is 2.37. The van der Waals surface area contributed by atoms with Gasteiger partial charge in [-0.2, -0.15) is 0 Å². The molecule has 1 aliphatic carbocycles. The molecule has 1 saturated heterocycles. The first-order valence-corrected chi connectivity index (χ1v) is 20.3. The maximum absolute atomic E-state index is 13.6. The lowest BCUT2D eigenvalue weighted by Gasteiger charge is -2.44. The van der Waals surface area contributed by atoms with Crippen molar-refractivity contribution in [3.8, 4) is 45.3 Å². The largest absolute Gasteiger partial charge is 0.496 e. The van der Waals surface area contributed by atoms with Crippen LogP contribution in [0.4, 0.5) is 4.79 Å². The van der Waals surface area contributed by atoms with Gasteiger partial charge in [0, 0.05) is 78.2 Å². The minimum atomic E-state index is -0.483. The maximum atomic E-state index is 13.6. The van der Waals surface area contributed by atoms with Gasteiger partial charge in [0.15, 0.2) is 0 Å². The second-order valence-corrected chi connectivity index (χ2v) is 16.6. The number of methoxy groups -OCH3 is 2. The molecule has 0 bridgehead atoms. The van der Waals surface area contributed by atoms with E-state index in [1.165, 1.54) is 7.11 Å². The van der Waals surface area contributed by atoms with Crippen LogP contribution < -0.4 is 14.8 Å². The van der Waals surface area contributed by atoms with E-state index < -0.39 is 11.6 Å². The molecule has 2 aromatic carbocycles. The van der Waals surface area contributed by atoms with Crippen LogP contribution >= 0.6 is 23.2 Å². The summed E-state index contributed by atoms with van der Waals surface area (Å²) in [4.78, 5) is 38.5. The van der Waals surface area contributed by atoms with Gasteiger partial charge in [0.2, 0.25) is 11.8 Å². The summed E-state index contributed by atoms with van der Waals surface area (Å²) in [5.74, 6) is 1.09. The molecule has 2 fully saturated rings. The zero-order chi connectivity index (χ0) is 40.9. The molecule has 0 radical (unpaired) electrons. The monoisotopic (exact) mass is 817 g/mol. The molecule has 1 saturated carbocycles. The van der Waals surface area contributed by atoms with Crippen LogP contribution in [0, 0.1) is 0 Å². The number of rotatable bonds is 11. The van der Waals surface area contributed by atoms with Crippen molar-refractivity contribution in [2.24, 2.45) is 0 Å². The third-order valence-corrected chi connectivity index (χ3v) is 11.8. The topological polar surface area (TPSA) is 126 Å². The molecule has 2 aromatic heterocycles. The van der Waals surface area contributed by atoms with Crippen molar-refractivity contribution in [3.63, 3.8) is 0 Å². The highest BCUT2D eigenvalue weighted by Crippen LogP contribution is 2.42. The second kappa shape index (κ2) is 18.4. The van der Waals surface area contributed by atoms with Crippen LogP contribution in [0.2, 0.25) is 10.0 Å². The van der Waals surface area contributed by atoms with Crippen molar-refractivity contribution in [1.29, 1.82) is 0 Å². The summed E-state index contributed by atoms with van der Waals surface area (Å²) in [5.41, 5.74) is 5.22. The summed E-state index contributed by atoms with van der Waals surface area (Å²) >= 11 is 14.3. The molecule has 2 aliphatic rings. The highest BCUT2D eigenvalue weighted by molar-refractivity contribution is 6.39. The van der Waals surface area contributed by atoms with Crippen LogP contribution in [0.5, 0.6) is 11.6 Å². The van der Waals surface area contributed by atoms with Gasteiger partial charge >= 0.3 is 6.09 Å². The van der Waals surface area contributed by atoms with Crippen LogP contribution in [0.1, 0.15) is 77.3 Å². The first-order chi connectivity index (χ1) is 27.3. The number of amides is 2. The molecule has 4 aromatic rings. The number of pyridine rings is 2. The normalized spacial score (nSPS) is 17.6. The molecule has 3 heterocycles. The molecular formula is C44H53Cl2N5O6. The van der Waals surface area contributed by atoms with Gasteiger partial charge in [-0.25, -0.2) is 9.78 Å². The number of carbonyl (C=O) groups is 2. The van der Waals surface area contributed by atoms with Crippen LogP contribution in [-0.4, -0.2) is 87.9 Å². The smallest absolute Gasteiger partial charge is 0.410 e. The van der Waals surface area contributed by atoms with Gasteiger partial charge in [0.1, 0.15) is 12.4 Å². The van der Waals surface area contributed by atoms with E-state index in [-0.39, 0.29) is 24.7 Å². The Balaban J connectivity index is 1.19. The molecule has 0 atom stereocenters. The zero-order valence-electron chi connectivity index (χ0n) is 33.6. The molecule has 0 unspecified atom stereocenters. The summed E-state index contributed by atoms with van der Waals surface area (Å²) in [5, 5.41) is 14.4. The standard InChI is InChI=1S/C44H53Cl2N5O6/c1-27(52)50-22-19-32(20-23-50)51(44(2,3)4)43(54)57-26-30-12-17-37(49-42(30)56-6)36-9-7-8-34(39(36)45)35-18-21-47-41(40(35)46)28-10-11-29(38(24-28)55-5)25-48-31-13-15-33(53)16-14-31/h7-12,17-18,21,24,31-33,48,53H,13-16,19-20,22-23,25-26H2,1-6H3. The van der Waals surface area contributed by atoms with Crippen molar-refractivity contribution in [3.05, 3.63) is 82.0 Å². The molecule has 11 nitrogen and oxygen atoms in total. The number of aromatic nitrogens is 2. The van der Waals surface area contributed by atoms with Gasteiger partial charge in [-0.3, -0.25) is 9.78 Å². The summed E-state index contributed by atoms with van der Waals surface area (Å²) in [6.45, 7) is 9.36. The summed E-state index contributed by atoms with van der Waals surface area (Å²) in [7, 11) is 3.18. The third-order valence-electron chi connectivity index (χ3n) is 11.0. The van der Waals surface area contributed by atoms with Gasteiger partial charge in [0.05, 0.1) is 47.3 Å². The van der Waals surface area contributed by atoms with E-state index in [0.29, 0.717) is 88.1 Å². The summed E-state index contributed by atoms with van der Waals surface area (Å²) in [6.07, 6.45) is 6.00. The van der Waals surface area contributed by atoms with E-state index in [4.69, 9.17) is 42.4 Å². The number of ether oxygens (including phenoxy) is 3. The Morgan fingerprint density at radius 1 is 0.895 bits per heavy atom. The molecule has 0 spiro atoms. The zero-order valence-corrected chi connectivity index (χ0v) is 35.1. The number of aliphatic hydroxyl groups excluding tert-OH is 1. The van der Waals surface area contributed by atoms with Gasteiger partial charge in [-0.1, -0.05) is 53.5 Å². The van der Waals surface area contributed by atoms with Gasteiger partial charge in [0.25, 0.3) is 0 Å². The third kappa shape index (κ3) is 9.83. The molecule has 57 heavy (non-hydrogen) atoms. The average Bonchev–Trinajstić information content (AvgIpc) is 3.20. The number of halogens is 2. The number of likely N-dealkylation sites (tertiary alicyclic amines) is 1. The van der Waals surface area contributed by atoms with E-state index in [9.17, 15) is 14.7 Å². The Morgan fingerprint density at radius 3 is 2.25 bits per heavy atom. The van der Waals surface area contributed by atoms with Crippen molar-refractivity contribution in [2.75, 3.05) is 27.3 Å². The Bertz CT molecular complexity index is 2060. The Morgan fingerprint density at radius 2 is 1.58 bits per heavy atom. The fourth-order valence-corrected chi connectivity index (χ4v) is 8.53. The molecule has 2 N–H and O–H groups in total. The van der Waals surface area contributed by atoms with E-state index in [0.717, 1.165) is 42.6 Å². The lowest BCUT2D eigenvalue weighted by molar-refractivity contribution is -0.130. The lowest BCUT2D eigenvalue weighted by Crippen LogP contribution is -2.55. The first-order valence-electron chi connectivity index (χ1n) is 19.6. The van der Waals surface area contributed by atoms with Gasteiger partial charge < -0.3 is 34.4 Å². The van der Waals surface area contributed by atoms with Crippen molar-refractivity contribution in [1.82, 2.24) is 25.1 Å². The maximum Gasteiger partial charge on any atom is 0.410 e. The molecule has 13 heteroatoms. The fourth-order valence-electron chi connectivity index (χ4n) is 7.89. The summed E-state index contributed by atoms with van der Waals surface area (Å²) in [6, 6.07) is 17.5. The molecule has 304 valence electrons. The number of hydrogen-bond acceptors (Lipinski definition) is 9. The van der Waals surface area contributed by atoms with Crippen LogP contribution in [0.25, 0.3) is 33.6 Å². The Labute approximate surface area is 345 Å². The average molecular weight is 819 g/mol. The van der Waals surface area contributed by atoms with Crippen LogP contribution in [-0.2, 0) is 22.7 Å². The number of piperidine rings is 1. The number of aliphatic hydroxyl groups is 1. The van der Waals surface area contributed by atoms with Crippen molar-refractivity contribution in [2.45, 2.75) is 103 Å². The number of hydrogen-bond donors (Lipinski definition) is 2. The highest BCUT2D eigenvalue weighted by atomic mass is 35.5. The minimum absolute atomic E-state index is 0.0366. The van der Waals surface area contributed by atoms with Crippen LogP contribution in [0.3, 0.4) is 0 Å². The van der Waals surface area contributed by atoms with E-state index in [1.807, 2.05) is 80.3 Å². The Hall–Kier alpha value is -4.42. The molecule has 2 amide bonds. The van der Waals surface area contributed by atoms with E-state index in [2.05, 4.69) is 10.3 Å². The van der Waals surface area contributed by atoms with Gasteiger partial charge in [-0.05, 0) is 83.6 Å². The molecular weight excluding hydrogens is 765 g/mol. The Kier molecular flexibility index (Phi) is 13.7. The number of carbonyl (C=O) groups excluding carboxylic acids is 2.